The van der Waals surface area contributed by atoms with Gasteiger partial charge in [0.25, 0.3) is 0 Å². The Labute approximate surface area is 177 Å². The monoisotopic (exact) mass is 415 g/mol. The Morgan fingerprint density at radius 1 is 1.10 bits per heavy atom. The number of oxime groups is 1. The summed E-state index contributed by atoms with van der Waals surface area (Å²) in [5.74, 6) is -0.616. The second-order valence-electron chi connectivity index (χ2n) is 7.22. The normalized spacial score (nSPS) is 13.4. The fourth-order valence-corrected chi connectivity index (χ4v) is 3.77. The Morgan fingerprint density at radius 2 is 1.94 bits per heavy atom. The lowest BCUT2D eigenvalue weighted by atomic mass is 10.1. The number of rotatable bonds is 5. The van der Waals surface area contributed by atoms with Gasteiger partial charge in [-0.1, -0.05) is 41.6 Å². The number of fused-ring (bicyclic) bond motifs is 1. The Balaban J connectivity index is 1.62. The molecule has 0 saturated carbocycles. The molecule has 6 nitrogen and oxygen atoms in total. The fourth-order valence-electron chi connectivity index (χ4n) is 3.77. The van der Waals surface area contributed by atoms with Gasteiger partial charge in [0.15, 0.2) is 11.6 Å². The van der Waals surface area contributed by atoms with Crippen LogP contribution in [0.1, 0.15) is 17.8 Å². The predicted molar refractivity (Wildman–Crippen MR) is 114 cm³/mol. The summed E-state index contributed by atoms with van der Waals surface area (Å²) in [5.41, 5.74) is 4.53. The number of carbonyl (C=O) groups excluding carboxylic acids is 1. The first kappa shape index (κ1) is 19.0. The van der Waals surface area contributed by atoms with E-state index in [9.17, 15) is 9.18 Å². The zero-order valence-electron chi connectivity index (χ0n) is 16.7. The van der Waals surface area contributed by atoms with Gasteiger partial charge in [0, 0.05) is 17.1 Å². The van der Waals surface area contributed by atoms with Crippen LogP contribution in [0.5, 0.6) is 5.75 Å². The van der Waals surface area contributed by atoms with Gasteiger partial charge in [0.1, 0.15) is 5.71 Å². The summed E-state index contributed by atoms with van der Waals surface area (Å²) in [4.78, 5) is 20.7. The van der Waals surface area contributed by atoms with Crippen LogP contribution in [0.25, 0.3) is 22.2 Å². The summed E-state index contributed by atoms with van der Waals surface area (Å²) < 4.78 is 21.7. The molecular weight excluding hydrogens is 397 g/mol. The Morgan fingerprint density at radius 3 is 2.68 bits per heavy atom. The number of hydrogen-bond acceptors (Lipinski definition) is 5. The van der Waals surface area contributed by atoms with Gasteiger partial charge in [-0.2, -0.15) is 0 Å². The van der Waals surface area contributed by atoms with E-state index in [1.54, 1.807) is 12.1 Å². The van der Waals surface area contributed by atoms with Crippen molar-refractivity contribution in [2.24, 2.45) is 5.16 Å². The molecule has 2 aromatic carbocycles. The molecule has 3 heterocycles. The minimum absolute atomic E-state index is 0.100. The molecule has 0 aliphatic carbocycles. The summed E-state index contributed by atoms with van der Waals surface area (Å²) >= 11 is 0. The zero-order chi connectivity index (χ0) is 21.4. The van der Waals surface area contributed by atoms with E-state index in [0.29, 0.717) is 18.0 Å². The number of benzene rings is 2. The third kappa shape index (κ3) is 3.54. The molecule has 0 N–H and O–H groups in total. The molecule has 0 fully saturated rings. The predicted octanol–water partition coefficient (Wildman–Crippen LogP) is 4.55. The average Bonchev–Trinajstić information content (AvgIpc) is 3.38. The third-order valence-corrected chi connectivity index (χ3v) is 5.24. The molecule has 0 amide bonds. The van der Waals surface area contributed by atoms with Crippen molar-refractivity contribution >= 4 is 22.6 Å². The van der Waals surface area contributed by atoms with Crippen molar-refractivity contribution in [2.75, 3.05) is 7.11 Å². The van der Waals surface area contributed by atoms with Gasteiger partial charge in [-0.25, -0.2) is 14.2 Å². The third-order valence-electron chi connectivity index (χ3n) is 5.24. The lowest BCUT2D eigenvalue weighted by Gasteiger charge is -2.12. The molecule has 31 heavy (non-hydrogen) atoms. The van der Waals surface area contributed by atoms with Crippen LogP contribution in [0.2, 0.25) is 0 Å². The van der Waals surface area contributed by atoms with Gasteiger partial charge < -0.3 is 14.1 Å². The van der Waals surface area contributed by atoms with Crippen LogP contribution in [-0.4, -0.2) is 28.3 Å². The van der Waals surface area contributed by atoms with Crippen LogP contribution in [0.15, 0.2) is 71.9 Å². The van der Waals surface area contributed by atoms with Gasteiger partial charge in [-0.05, 0) is 29.8 Å². The van der Waals surface area contributed by atoms with E-state index in [0.717, 1.165) is 27.9 Å². The van der Waals surface area contributed by atoms with E-state index in [1.807, 2.05) is 53.1 Å². The number of ether oxygens (including phenoxy) is 1. The number of pyridine rings is 1. The van der Waals surface area contributed by atoms with Crippen molar-refractivity contribution < 1.29 is 18.8 Å². The number of hydrogen-bond donors (Lipinski definition) is 0. The molecule has 154 valence electrons. The quantitative estimate of drug-likeness (QED) is 0.449. The van der Waals surface area contributed by atoms with Crippen molar-refractivity contribution in [1.82, 2.24) is 9.55 Å². The van der Waals surface area contributed by atoms with Crippen molar-refractivity contribution in [1.29, 1.82) is 0 Å². The van der Waals surface area contributed by atoms with Crippen LogP contribution < -0.4 is 4.74 Å². The van der Waals surface area contributed by atoms with Gasteiger partial charge in [0.05, 0.1) is 37.0 Å². The molecule has 0 saturated heterocycles. The standard InChI is InChI=1S/C24H18FN3O3/c1-30-23-11-16-10-21(15-6-3-2-4-7-15)28(22(16)12-18(23)25)14-17-8-5-9-19(26-17)20-13-24(29)31-27-20/h2-12H,13-14H2,1H3. The van der Waals surface area contributed by atoms with Gasteiger partial charge in [0.2, 0.25) is 0 Å². The van der Waals surface area contributed by atoms with Gasteiger partial charge in [-0.3, -0.25) is 0 Å². The topological polar surface area (TPSA) is 65.7 Å². The molecule has 1 aliphatic heterocycles. The van der Waals surface area contributed by atoms with Crippen LogP contribution in [0, 0.1) is 5.82 Å². The summed E-state index contributed by atoms with van der Waals surface area (Å²) in [6.07, 6.45) is 0.100. The first-order valence-corrected chi connectivity index (χ1v) is 9.77. The molecule has 2 aromatic heterocycles. The van der Waals surface area contributed by atoms with E-state index >= 15 is 0 Å². The number of aromatic nitrogens is 2. The molecule has 4 aromatic rings. The Hall–Kier alpha value is -4.00. The molecule has 0 atom stereocenters. The first-order valence-electron chi connectivity index (χ1n) is 9.77. The van der Waals surface area contributed by atoms with E-state index in [4.69, 9.17) is 4.74 Å². The minimum Gasteiger partial charge on any atom is -0.494 e. The van der Waals surface area contributed by atoms with Crippen molar-refractivity contribution in [3.8, 4) is 17.0 Å². The summed E-state index contributed by atoms with van der Waals surface area (Å²) in [5, 5.41) is 4.67. The van der Waals surface area contributed by atoms with E-state index in [2.05, 4.69) is 15.0 Å². The smallest absolute Gasteiger partial charge is 0.341 e. The second-order valence-corrected chi connectivity index (χ2v) is 7.22. The maximum Gasteiger partial charge on any atom is 0.341 e. The first-order chi connectivity index (χ1) is 15.1. The fraction of sp³-hybridized carbons (Fsp3) is 0.125. The number of methoxy groups -OCH3 is 1. The lowest BCUT2D eigenvalue weighted by Crippen LogP contribution is -2.08. The highest BCUT2D eigenvalue weighted by Crippen LogP contribution is 2.33. The highest BCUT2D eigenvalue weighted by Gasteiger charge is 2.21. The Kier molecular flexibility index (Phi) is 4.71. The molecule has 0 bridgehead atoms. The molecule has 0 unspecified atom stereocenters. The highest BCUT2D eigenvalue weighted by atomic mass is 19.1. The summed E-state index contributed by atoms with van der Waals surface area (Å²) in [6.45, 7) is 0.412. The maximum absolute atomic E-state index is 14.5. The van der Waals surface area contributed by atoms with Gasteiger partial charge in [-0.15, -0.1) is 0 Å². The van der Waals surface area contributed by atoms with E-state index in [1.165, 1.54) is 13.2 Å². The number of halogens is 1. The molecule has 0 radical (unpaired) electrons. The van der Waals surface area contributed by atoms with Crippen molar-refractivity contribution in [3.63, 3.8) is 0 Å². The second kappa shape index (κ2) is 7.68. The summed E-state index contributed by atoms with van der Waals surface area (Å²) in [6, 6.07) is 20.7. The van der Waals surface area contributed by atoms with Crippen LogP contribution >= 0.6 is 0 Å². The summed E-state index contributed by atoms with van der Waals surface area (Å²) in [7, 11) is 1.45. The van der Waals surface area contributed by atoms with E-state index < -0.39 is 11.8 Å². The average molecular weight is 415 g/mol. The van der Waals surface area contributed by atoms with Crippen molar-refractivity contribution in [2.45, 2.75) is 13.0 Å². The minimum atomic E-state index is -0.424. The van der Waals surface area contributed by atoms with Crippen molar-refractivity contribution in [3.05, 3.63) is 83.9 Å². The molecule has 0 spiro atoms. The van der Waals surface area contributed by atoms with E-state index in [-0.39, 0.29) is 12.2 Å². The molecule has 1 aliphatic rings. The van der Waals surface area contributed by atoms with Crippen LogP contribution in [-0.2, 0) is 16.2 Å². The molecule has 5 rings (SSSR count). The molecular formula is C24H18FN3O3. The maximum atomic E-state index is 14.5. The lowest BCUT2D eigenvalue weighted by molar-refractivity contribution is -0.140. The highest BCUT2D eigenvalue weighted by molar-refractivity contribution is 6.10. The zero-order valence-corrected chi connectivity index (χ0v) is 16.7. The largest absolute Gasteiger partial charge is 0.494 e. The number of carbonyl (C=O) groups is 1. The Bertz CT molecular complexity index is 1330. The molecule has 7 heteroatoms. The van der Waals surface area contributed by atoms with Crippen LogP contribution in [0.4, 0.5) is 4.39 Å². The van der Waals surface area contributed by atoms with Crippen LogP contribution in [0.3, 0.4) is 0 Å². The number of nitrogens with zero attached hydrogens (tertiary/aromatic N) is 3. The van der Waals surface area contributed by atoms with Gasteiger partial charge >= 0.3 is 5.97 Å². The SMILES string of the molecule is COc1cc2cc(-c3ccccc3)n(Cc3cccc(C4=NOC(=O)C4)n3)c2cc1F.